The van der Waals surface area contributed by atoms with Crippen LogP contribution >= 0.6 is 0 Å². The lowest BCUT2D eigenvalue weighted by Crippen LogP contribution is -2.20. The molecule has 0 bridgehead atoms. The molecule has 29 heavy (non-hydrogen) atoms. The standard InChI is InChI=1S/C18H17F3N6O2/c1-9-13(10(2)27-17(23-9)25-16(26-27)18(19,20)21)8-14(28)24-12-6-4-5-11(7-12)15(29)22-3/h4-7H,8H2,1-3H3,(H,22,29)(H,24,28). The third-order valence-electron chi connectivity index (χ3n) is 4.28. The molecule has 152 valence electrons. The molecule has 0 spiro atoms. The van der Waals surface area contributed by atoms with Crippen molar-refractivity contribution in [2.75, 3.05) is 12.4 Å². The highest BCUT2D eigenvalue weighted by Crippen LogP contribution is 2.27. The molecule has 0 aliphatic heterocycles. The minimum absolute atomic E-state index is 0.133. The van der Waals surface area contributed by atoms with Gasteiger partial charge in [0.25, 0.3) is 17.5 Å². The first-order valence-corrected chi connectivity index (χ1v) is 8.52. The number of fused-ring (bicyclic) bond motifs is 1. The van der Waals surface area contributed by atoms with Crippen LogP contribution in [-0.4, -0.2) is 38.4 Å². The lowest BCUT2D eigenvalue weighted by Gasteiger charge is -2.11. The predicted molar refractivity (Wildman–Crippen MR) is 97.4 cm³/mol. The first kappa shape index (κ1) is 20.2. The minimum Gasteiger partial charge on any atom is -0.355 e. The summed E-state index contributed by atoms with van der Waals surface area (Å²) >= 11 is 0. The van der Waals surface area contributed by atoms with Crippen molar-refractivity contribution < 1.29 is 22.8 Å². The average molecular weight is 406 g/mol. The van der Waals surface area contributed by atoms with Crippen molar-refractivity contribution >= 4 is 23.3 Å². The van der Waals surface area contributed by atoms with E-state index in [1.165, 1.54) is 13.1 Å². The number of nitrogens with one attached hydrogen (secondary N) is 2. The SMILES string of the molecule is CNC(=O)c1cccc(NC(=O)Cc2c(C)nc3nc(C(F)(F)F)nn3c2C)c1. The molecular formula is C18H17F3N6O2. The van der Waals surface area contributed by atoms with E-state index in [2.05, 4.69) is 25.7 Å². The summed E-state index contributed by atoms with van der Waals surface area (Å²) in [5.74, 6) is -2.19. The Hall–Kier alpha value is -3.50. The highest BCUT2D eigenvalue weighted by molar-refractivity contribution is 5.97. The zero-order chi connectivity index (χ0) is 21.3. The fourth-order valence-electron chi connectivity index (χ4n) is 2.83. The normalized spacial score (nSPS) is 11.5. The van der Waals surface area contributed by atoms with E-state index in [0.29, 0.717) is 28.2 Å². The number of aromatic nitrogens is 4. The molecule has 2 amide bonds. The van der Waals surface area contributed by atoms with Crippen LogP contribution in [0.5, 0.6) is 0 Å². The van der Waals surface area contributed by atoms with Crippen molar-refractivity contribution in [1.82, 2.24) is 24.9 Å². The van der Waals surface area contributed by atoms with Crippen molar-refractivity contribution in [2.45, 2.75) is 26.4 Å². The molecule has 0 aliphatic rings. The molecule has 2 N–H and O–H groups in total. The second-order valence-electron chi connectivity index (χ2n) is 6.29. The number of benzene rings is 1. The number of carbonyl (C=O) groups excluding carboxylic acids is 2. The van der Waals surface area contributed by atoms with Gasteiger partial charge >= 0.3 is 6.18 Å². The number of halogens is 3. The third kappa shape index (κ3) is 4.18. The van der Waals surface area contributed by atoms with Crippen LogP contribution in [0.3, 0.4) is 0 Å². The minimum atomic E-state index is -4.69. The van der Waals surface area contributed by atoms with Crippen molar-refractivity contribution in [3.8, 4) is 0 Å². The van der Waals surface area contributed by atoms with E-state index in [9.17, 15) is 22.8 Å². The van der Waals surface area contributed by atoms with E-state index in [-0.39, 0.29) is 18.1 Å². The Morgan fingerprint density at radius 2 is 1.90 bits per heavy atom. The fraction of sp³-hybridized carbons (Fsp3) is 0.278. The van der Waals surface area contributed by atoms with Crippen LogP contribution in [0.1, 0.15) is 33.1 Å². The van der Waals surface area contributed by atoms with Crippen LogP contribution in [0.15, 0.2) is 24.3 Å². The summed E-state index contributed by atoms with van der Waals surface area (Å²) in [4.78, 5) is 31.6. The Balaban J connectivity index is 1.86. The van der Waals surface area contributed by atoms with E-state index < -0.39 is 17.9 Å². The summed E-state index contributed by atoms with van der Waals surface area (Å²) in [5.41, 5.74) is 1.95. The second kappa shape index (κ2) is 7.49. The van der Waals surface area contributed by atoms with Gasteiger partial charge in [-0.1, -0.05) is 6.07 Å². The average Bonchev–Trinajstić information content (AvgIpc) is 3.09. The molecule has 11 heteroatoms. The molecule has 8 nitrogen and oxygen atoms in total. The largest absolute Gasteiger partial charge is 0.453 e. The van der Waals surface area contributed by atoms with Gasteiger partial charge in [0, 0.05) is 35.2 Å². The lowest BCUT2D eigenvalue weighted by atomic mass is 10.1. The molecule has 0 fully saturated rings. The van der Waals surface area contributed by atoms with Crippen LogP contribution in [0.4, 0.5) is 18.9 Å². The van der Waals surface area contributed by atoms with E-state index in [1.807, 2.05) is 0 Å². The van der Waals surface area contributed by atoms with E-state index in [1.54, 1.807) is 32.0 Å². The van der Waals surface area contributed by atoms with Crippen LogP contribution in [-0.2, 0) is 17.4 Å². The van der Waals surface area contributed by atoms with Crippen molar-refractivity contribution in [2.24, 2.45) is 0 Å². The van der Waals surface area contributed by atoms with Crippen molar-refractivity contribution in [3.05, 3.63) is 52.6 Å². The van der Waals surface area contributed by atoms with Gasteiger partial charge in [0.1, 0.15) is 0 Å². The number of aryl methyl sites for hydroxylation is 2. The first-order valence-electron chi connectivity index (χ1n) is 8.52. The molecule has 1 aromatic carbocycles. The van der Waals surface area contributed by atoms with Crippen LogP contribution < -0.4 is 10.6 Å². The Kier molecular flexibility index (Phi) is 5.23. The number of hydrogen-bond donors (Lipinski definition) is 2. The van der Waals surface area contributed by atoms with Gasteiger partial charge in [-0.05, 0) is 32.0 Å². The smallest absolute Gasteiger partial charge is 0.355 e. The number of hydrogen-bond acceptors (Lipinski definition) is 5. The molecule has 2 heterocycles. The molecule has 3 rings (SSSR count). The number of rotatable bonds is 4. The van der Waals surface area contributed by atoms with Crippen LogP contribution in [0.25, 0.3) is 5.78 Å². The molecule has 0 saturated heterocycles. The Labute approximate surface area is 163 Å². The molecular weight excluding hydrogens is 389 g/mol. The Morgan fingerprint density at radius 1 is 1.17 bits per heavy atom. The Morgan fingerprint density at radius 3 is 2.55 bits per heavy atom. The molecule has 0 unspecified atom stereocenters. The molecule has 0 saturated carbocycles. The number of anilines is 1. The maximum atomic E-state index is 12.9. The van der Waals surface area contributed by atoms with Crippen LogP contribution in [0, 0.1) is 13.8 Å². The summed E-state index contributed by atoms with van der Waals surface area (Å²) < 4.78 is 39.6. The fourth-order valence-corrected chi connectivity index (χ4v) is 2.83. The van der Waals surface area contributed by atoms with Gasteiger partial charge in [0.05, 0.1) is 6.42 Å². The van der Waals surface area contributed by atoms with E-state index in [4.69, 9.17) is 0 Å². The highest BCUT2D eigenvalue weighted by Gasteiger charge is 2.37. The number of amides is 2. The topological polar surface area (TPSA) is 101 Å². The first-order chi connectivity index (χ1) is 13.6. The Bertz CT molecular complexity index is 1110. The van der Waals surface area contributed by atoms with Gasteiger partial charge in [-0.2, -0.15) is 18.2 Å². The monoisotopic (exact) mass is 406 g/mol. The zero-order valence-corrected chi connectivity index (χ0v) is 15.8. The summed E-state index contributed by atoms with van der Waals surface area (Å²) in [6.45, 7) is 3.13. The predicted octanol–water partition coefficient (Wildman–Crippen LogP) is 2.30. The second-order valence-corrected chi connectivity index (χ2v) is 6.29. The van der Waals surface area contributed by atoms with Gasteiger partial charge in [-0.3, -0.25) is 9.59 Å². The summed E-state index contributed by atoms with van der Waals surface area (Å²) in [7, 11) is 1.50. The molecule has 3 aromatic rings. The summed E-state index contributed by atoms with van der Waals surface area (Å²) in [6, 6.07) is 6.37. The summed E-state index contributed by atoms with van der Waals surface area (Å²) in [5, 5.41) is 8.62. The van der Waals surface area contributed by atoms with E-state index in [0.717, 1.165) is 4.52 Å². The zero-order valence-electron chi connectivity index (χ0n) is 15.8. The molecule has 0 atom stereocenters. The van der Waals surface area contributed by atoms with Crippen molar-refractivity contribution in [1.29, 1.82) is 0 Å². The van der Waals surface area contributed by atoms with Gasteiger partial charge in [-0.15, -0.1) is 5.10 Å². The van der Waals surface area contributed by atoms with Crippen molar-refractivity contribution in [3.63, 3.8) is 0 Å². The number of nitrogens with zero attached hydrogens (tertiary/aromatic N) is 4. The van der Waals surface area contributed by atoms with Gasteiger partial charge in [0.15, 0.2) is 0 Å². The highest BCUT2D eigenvalue weighted by atomic mass is 19.4. The van der Waals surface area contributed by atoms with E-state index >= 15 is 0 Å². The third-order valence-corrected chi connectivity index (χ3v) is 4.28. The summed E-state index contributed by atoms with van der Waals surface area (Å²) in [6.07, 6.45) is -4.83. The number of alkyl halides is 3. The maximum Gasteiger partial charge on any atom is 0.453 e. The van der Waals surface area contributed by atoms with Crippen LogP contribution in [0.2, 0.25) is 0 Å². The maximum absolute atomic E-state index is 12.9. The lowest BCUT2D eigenvalue weighted by molar-refractivity contribution is -0.144. The number of carbonyl (C=O) groups is 2. The molecule has 2 aromatic heterocycles. The quantitative estimate of drug-likeness (QED) is 0.692. The van der Waals surface area contributed by atoms with Gasteiger partial charge in [-0.25, -0.2) is 9.50 Å². The van der Waals surface area contributed by atoms with Gasteiger partial charge in [0.2, 0.25) is 5.91 Å². The molecule has 0 radical (unpaired) electrons. The molecule has 0 aliphatic carbocycles. The van der Waals surface area contributed by atoms with Gasteiger partial charge < -0.3 is 10.6 Å².